The molecule has 4 fully saturated rings. The predicted molar refractivity (Wildman–Crippen MR) is 108 cm³/mol. The third kappa shape index (κ3) is 3.33. The quantitative estimate of drug-likeness (QED) is 0.465. The third-order valence-corrected chi connectivity index (χ3v) is 6.75. The van der Waals surface area contributed by atoms with Crippen LogP contribution in [0.25, 0.3) is 0 Å². The van der Waals surface area contributed by atoms with E-state index in [0.717, 1.165) is 36.3 Å². The number of thiocarbonyl (C=S) groups is 1. The molecule has 0 spiro atoms. The van der Waals surface area contributed by atoms with Crippen LogP contribution in [0.3, 0.4) is 0 Å². The molecular formula is C21H29N3S. The van der Waals surface area contributed by atoms with Crippen molar-refractivity contribution >= 4 is 23.0 Å². The maximum Gasteiger partial charge on any atom is 0.184 e. The van der Waals surface area contributed by atoms with E-state index in [1.54, 1.807) is 5.56 Å². The SMILES string of the molecule is CCCC(=NNC(N)=S)c1ccc(C23CC4CC(CC(C4)C2)C3)cc1. The van der Waals surface area contributed by atoms with Gasteiger partial charge in [0.25, 0.3) is 0 Å². The lowest BCUT2D eigenvalue weighted by Crippen LogP contribution is -2.48. The second-order valence-corrected chi connectivity index (χ2v) is 9.00. The molecule has 4 saturated carbocycles. The van der Waals surface area contributed by atoms with E-state index < -0.39 is 0 Å². The number of rotatable bonds is 5. The summed E-state index contributed by atoms with van der Waals surface area (Å²) in [5.41, 5.74) is 12.5. The summed E-state index contributed by atoms with van der Waals surface area (Å²) >= 11 is 4.88. The molecule has 1 aromatic carbocycles. The van der Waals surface area contributed by atoms with E-state index in [2.05, 4.69) is 41.7 Å². The van der Waals surface area contributed by atoms with Gasteiger partial charge >= 0.3 is 0 Å². The molecule has 4 aliphatic carbocycles. The highest BCUT2D eigenvalue weighted by Crippen LogP contribution is 2.60. The van der Waals surface area contributed by atoms with Crippen LogP contribution in [0.1, 0.15) is 69.4 Å². The number of nitrogens with two attached hydrogens (primary N) is 1. The summed E-state index contributed by atoms with van der Waals surface area (Å²) in [5.74, 6) is 2.95. The van der Waals surface area contributed by atoms with Crippen molar-refractivity contribution in [1.82, 2.24) is 5.43 Å². The lowest BCUT2D eigenvalue weighted by molar-refractivity contribution is -0.00518. The highest BCUT2D eigenvalue weighted by molar-refractivity contribution is 7.80. The monoisotopic (exact) mass is 355 g/mol. The molecule has 4 bridgehead atoms. The van der Waals surface area contributed by atoms with Gasteiger partial charge in [-0.25, -0.2) is 0 Å². The van der Waals surface area contributed by atoms with Gasteiger partial charge in [-0.1, -0.05) is 37.6 Å². The van der Waals surface area contributed by atoms with E-state index in [1.165, 1.54) is 44.1 Å². The van der Waals surface area contributed by atoms with Gasteiger partial charge in [-0.2, -0.15) is 5.10 Å². The standard InChI is InChI=1S/C21H29N3S/c1-2-3-19(23-24-20(22)25)17-4-6-18(7-5-17)21-11-14-8-15(12-21)10-16(9-14)13-21/h4-7,14-16H,2-3,8-13H2,1H3,(H3,22,24,25). The Labute approximate surface area is 156 Å². The van der Waals surface area contributed by atoms with Crippen molar-refractivity contribution in [3.05, 3.63) is 35.4 Å². The van der Waals surface area contributed by atoms with E-state index in [9.17, 15) is 0 Å². The molecular weight excluding hydrogens is 326 g/mol. The maximum atomic E-state index is 5.52. The van der Waals surface area contributed by atoms with Crippen LogP contribution >= 0.6 is 12.2 Å². The van der Waals surface area contributed by atoms with Gasteiger partial charge in [-0.05, 0) is 91.5 Å². The smallest absolute Gasteiger partial charge is 0.184 e. The van der Waals surface area contributed by atoms with Crippen LogP contribution < -0.4 is 11.2 Å². The molecule has 134 valence electrons. The fourth-order valence-electron chi connectivity index (χ4n) is 6.10. The number of hydrogen-bond donors (Lipinski definition) is 2. The fourth-order valence-corrected chi connectivity index (χ4v) is 6.15. The number of hydrazone groups is 1. The molecule has 1 aromatic rings. The van der Waals surface area contributed by atoms with E-state index in [4.69, 9.17) is 18.0 Å². The summed E-state index contributed by atoms with van der Waals surface area (Å²) in [7, 11) is 0. The van der Waals surface area contributed by atoms with E-state index >= 15 is 0 Å². The van der Waals surface area contributed by atoms with E-state index in [0.29, 0.717) is 5.41 Å². The van der Waals surface area contributed by atoms with Crippen molar-refractivity contribution in [2.45, 2.75) is 63.7 Å². The van der Waals surface area contributed by atoms with Crippen LogP contribution in [0.5, 0.6) is 0 Å². The van der Waals surface area contributed by atoms with E-state index in [1.807, 2.05) is 0 Å². The van der Waals surface area contributed by atoms with Gasteiger partial charge in [-0.15, -0.1) is 0 Å². The van der Waals surface area contributed by atoms with Crippen LogP contribution in [0, 0.1) is 17.8 Å². The van der Waals surface area contributed by atoms with Crippen molar-refractivity contribution in [2.24, 2.45) is 28.6 Å². The zero-order valence-corrected chi connectivity index (χ0v) is 15.9. The second-order valence-electron chi connectivity index (χ2n) is 8.56. The summed E-state index contributed by atoms with van der Waals surface area (Å²) in [6, 6.07) is 9.25. The Hall–Kier alpha value is -1.42. The van der Waals surface area contributed by atoms with Crippen molar-refractivity contribution in [2.75, 3.05) is 0 Å². The molecule has 3 nitrogen and oxygen atoms in total. The zero-order valence-electron chi connectivity index (χ0n) is 15.1. The Morgan fingerprint density at radius 2 is 1.68 bits per heavy atom. The molecule has 0 aliphatic heterocycles. The summed E-state index contributed by atoms with van der Waals surface area (Å²) in [6.45, 7) is 2.17. The number of nitrogens with one attached hydrogen (secondary N) is 1. The highest BCUT2D eigenvalue weighted by Gasteiger charge is 2.51. The lowest BCUT2D eigenvalue weighted by Gasteiger charge is -2.57. The molecule has 3 N–H and O–H groups in total. The average Bonchev–Trinajstić information content (AvgIpc) is 2.57. The van der Waals surface area contributed by atoms with Gasteiger partial charge in [0.1, 0.15) is 0 Å². The van der Waals surface area contributed by atoms with Gasteiger partial charge in [0, 0.05) is 0 Å². The van der Waals surface area contributed by atoms with Crippen molar-refractivity contribution < 1.29 is 0 Å². The fraction of sp³-hybridized carbons (Fsp3) is 0.619. The van der Waals surface area contributed by atoms with Gasteiger partial charge in [-0.3, -0.25) is 5.43 Å². The molecule has 4 aliphatic rings. The first-order valence-electron chi connectivity index (χ1n) is 9.81. The van der Waals surface area contributed by atoms with Gasteiger partial charge < -0.3 is 5.73 Å². The van der Waals surface area contributed by atoms with Crippen LogP contribution in [-0.4, -0.2) is 10.8 Å². The topological polar surface area (TPSA) is 50.4 Å². The van der Waals surface area contributed by atoms with Crippen molar-refractivity contribution in [3.8, 4) is 0 Å². The Morgan fingerprint density at radius 3 is 2.16 bits per heavy atom. The molecule has 0 radical (unpaired) electrons. The Bertz CT molecular complexity index is 642. The Kier molecular flexibility index (Phi) is 4.57. The van der Waals surface area contributed by atoms with Crippen LogP contribution in [0.15, 0.2) is 29.4 Å². The lowest BCUT2D eigenvalue weighted by atomic mass is 9.48. The molecule has 0 amide bonds. The van der Waals surface area contributed by atoms with Gasteiger partial charge in [0.05, 0.1) is 5.71 Å². The molecule has 0 atom stereocenters. The third-order valence-electron chi connectivity index (χ3n) is 6.66. The first-order valence-corrected chi connectivity index (χ1v) is 10.2. The first kappa shape index (κ1) is 17.0. The van der Waals surface area contributed by atoms with Crippen molar-refractivity contribution in [3.63, 3.8) is 0 Å². The summed E-state index contributed by atoms with van der Waals surface area (Å²) in [6.07, 6.45) is 10.7. The number of hydrogen-bond acceptors (Lipinski definition) is 2. The average molecular weight is 356 g/mol. The number of benzene rings is 1. The van der Waals surface area contributed by atoms with Crippen molar-refractivity contribution in [1.29, 1.82) is 0 Å². The van der Waals surface area contributed by atoms with Crippen LogP contribution in [0.4, 0.5) is 0 Å². The molecule has 0 saturated heterocycles. The molecule has 0 heterocycles. The Morgan fingerprint density at radius 1 is 1.12 bits per heavy atom. The normalized spacial score (nSPS) is 33.5. The first-order chi connectivity index (χ1) is 12.1. The number of nitrogens with zero attached hydrogens (tertiary/aromatic N) is 1. The molecule has 0 unspecified atom stereocenters. The van der Waals surface area contributed by atoms with Crippen LogP contribution in [0.2, 0.25) is 0 Å². The Balaban J connectivity index is 1.57. The van der Waals surface area contributed by atoms with E-state index in [-0.39, 0.29) is 5.11 Å². The van der Waals surface area contributed by atoms with Gasteiger partial charge in [0.2, 0.25) is 0 Å². The minimum atomic E-state index is 0.221. The minimum Gasteiger partial charge on any atom is -0.375 e. The summed E-state index contributed by atoms with van der Waals surface area (Å²) in [5, 5.41) is 4.63. The predicted octanol–water partition coefficient (Wildman–Crippen LogP) is 4.49. The molecule has 0 aromatic heterocycles. The molecule has 5 rings (SSSR count). The molecule has 4 heteroatoms. The van der Waals surface area contributed by atoms with Crippen LogP contribution in [-0.2, 0) is 5.41 Å². The zero-order chi connectivity index (χ0) is 17.4. The maximum absolute atomic E-state index is 5.52. The highest BCUT2D eigenvalue weighted by atomic mass is 32.1. The minimum absolute atomic E-state index is 0.221. The largest absolute Gasteiger partial charge is 0.375 e. The second kappa shape index (κ2) is 6.71. The summed E-state index contributed by atoms with van der Waals surface area (Å²) < 4.78 is 0. The molecule has 25 heavy (non-hydrogen) atoms. The summed E-state index contributed by atoms with van der Waals surface area (Å²) in [4.78, 5) is 0. The van der Waals surface area contributed by atoms with Gasteiger partial charge in [0.15, 0.2) is 5.11 Å².